The van der Waals surface area contributed by atoms with Gasteiger partial charge < -0.3 is 14.0 Å². The number of benzene rings is 2. The summed E-state index contributed by atoms with van der Waals surface area (Å²) < 4.78 is 13.8. The highest BCUT2D eigenvalue weighted by Crippen LogP contribution is 2.24. The Labute approximate surface area is 173 Å². The second kappa shape index (κ2) is 8.14. The van der Waals surface area contributed by atoms with Crippen LogP contribution in [0.3, 0.4) is 0 Å². The van der Waals surface area contributed by atoms with Crippen molar-refractivity contribution in [2.45, 2.75) is 13.5 Å². The molecule has 2 heterocycles. The predicted molar refractivity (Wildman–Crippen MR) is 113 cm³/mol. The lowest BCUT2D eigenvalue weighted by Crippen LogP contribution is -2.22. The monoisotopic (exact) mass is 427 g/mol. The first-order chi connectivity index (χ1) is 14.1. The van der Waals surface area contributed by atoms with Gasteiger partial charge in [-0.05, 0) is 43.3 Å². The number of amides is 1. The number of methoxy groups -OCH3 is 1. The van der Waals surface area contributed by atoms with Crippen molar-refractivity contribution in [3.63, 3.8) is 0 Å². The van der Waals surface area contributed by atoms with Crippen molar-refractivity contribution in [3.8, 4) is 5.75 Å². The van der Waals surface area contributed by atoms with Crippen molar-refractivity contribution >= 4 is 55.0 Å². The Morgan fingerprint density at radius 2 is 2.03 bits per heavy atom. The summed E-state index contributed by atoms with van der Waals surface area (Å²) in [5.41, 5.74) is 3.84. The Kier molecular flexibility index (Phi) is 5.41. The molecule has 0 bridgehead atoms. The number of rotatable bonds is 5. The van der Waals surface area contributed by atoms with Crippen molar-refractivity contribution in [1.82, 2.24) is 9.55 Å². The zero-order valence-corrected chi connectivity index (χ0v) is 17.4. The molecule has 0 aliphatic rings. The third kappa shape index (κ3) is 3.92. The summed E-state index contributed by atoms with van der Waals surface area (Å²) in [6, 6.07) is 10.9. The van der Waals surface area contributed by atoms with Gasteiger partial charge in [-0.2, -0.15) is 4.99 Å². The standard InChI is InChI=1S/C20H17N3O4S2/c1-3-27-13-5-7-15-17(9-13)29-20(23(15)10-18(24)26-2)22-19(25)12-4-6-14-16(8-12)28-11-21-14/h4-9,11H,3,10H2,1-2H3. The van der Waals surface area contributed by atoms with E-state index in [4.69, 9.17) is 9.47 Å². The summed E-state index contributed by atoms with van der Waals surface area (Å²) in [4.78, 5) is 33.7. The van der Waals surface area contributed by atoms with Crippen molar-refractivity contribution in [2.24, 2.45) is 4.99 Å². The lowest BCUT2D eigenvalue weighted by molar-refractivity contribution is -0.141. The van der Waals surface area contributed by atoms with Crippen LogP contribution >= 0.6 is 22.7 Å². The lowest BCUT2D eigenvalue weighted by Gasteiger charge is -2.05. The molecule has 4 rings (SSSR count). The van der Waals surface area contributed by atoms with Gasteiger partial charge in [-0.25, -0.2) is 4.98 Å². The van der Waals surface area contributed by atoms with Crippen LogP contribution in [0.1, 0.15) is 17.3 Å². The van der Waals surface area contributed by atoms with E-state index in [1.165, 1.54) is 29.8 Å². The maximum Gasteiger partial charge on any atom is 0.325 e. The second-order valence-corrected chi connectivity index (χ2v) is 7.96. The van der Waals surface area contributed by atoms with Gasteiger partial charge >= 0.3 is 5.97 Å². The molecule has 0 aliphatic heterocycles. The highest BCUT2D eigenvalue weighted by molar-refractivity contribution is 7.17. The fraction of sp³-hybridized carbons (Fsp3) is 0.200. The summed E-state index contributed by atoms with van der Waals surface area (Å²) in [6.07, 6.45) is 0. The van der Waals surface area contributed by atoms with Gasteiger partial charge in [-0.3, -0.25) is 9.59 Å². The maximum absolute atomic E-state index is 12.8. The first kappa shape index (κ1) is 19.3. The molecule has 0 N–H and O–H groups in total. The van der Waals surface area contributed by atoms with E-state index in [0.717, 1.165) is 26.2 Å². The highest BCUT2D eigenvalue weighted by atomic mass is 32.1. The summed E-state index contributed by atoms with van der Waals surface area (Å²) in [7, 11) is 1.33. The molecular formula is C20H17N3O4S2. The SMILES string of the molecule is CCOc1ccc2c(c1)sc(=NC(=O)c1ccc3ncsc3c1)n2CC(=O)OC. The van der Waals surface area contributed by atoms with Crippen LogP contribution in [0, 0.1) is 0 Å². The summed E-state index contributed by atoms with van der Waals surface area (Å²) >= 11 is 2.79. The van der Waals surface area contributed by atoms with Crippen molar-refractivity contribution in [2.75, 3.05) is 13.7 Å². The molecule has 1 amide bonds. The molecule has 0 radical (unpaired) electrons. The normalized spacial score (nSPS) is 11.9. The predicted octanol–water partition coefficient (Wildman–Crippen LogP) is 3.63. The molecule has 0 saturated heterocycles. The van der Waals surface area contributed by atoms with Crippen LogP contribution in [0.25, 0.3) is 20.4 Å². The van der Waals surface area contributed by atoms with Gasteiger partial charge in [0, 0.05) is 5.56 Å². The van der Waals surface area contributed by atoms with E-state index >= 15 is 0 Å². The first-order valence-electron chi connectivity index (χ1n) is 8.84. The van der Waals surface area contributed by atoms with Crippen LogP contribution in [0.4, 0.5) is 0 Å². The third-order valence-corrected chi connectivity index (χ3v) is 6.09. The van der Waals surface area contributed by atoms with E-state index in [-0.39, 0.29) is 12.5 Å². The minimum absolute atomic E-state index is 0.0372. The number of aromatic nitrogens is 2. The lowest BCUT2D eigenvalue weighted by atomic mass is 10.2. The molecule has 7 nitrogen and oxygen atoms in total. The van der Waals surface area contributed by atoms with E-state index in [9.17, 15) is 9.59 Å². The molecule has 9 heteroatoms. The molecule has 148 valence electrons. The van der Waals surface area contributed by atoms with Crippen LogP contribution in [0.15, 0.2) is 46.9 Å². The maximum atomic E-state index is 12.8. The molecule has 0 atom stereocenters. The van der Waals surface area contributed by atoms with Crippen LogP contribution in [0.5, 0.6) is 5.75 Å². The summed E-state index contributed by atoms with van der Waals surface area (Å²) in [6.45, 7) is 2.43. The minimum atomic E-state index is -0.418. The second-order valence-electron chi connectivity index (χ2n) is 6.06. The molecule has 4 aromatic rings. The number of nitrogens with zero attached hydrogens (tertiary/aromatic N) is 3. The number of thiazole rings is 2. The molecule has 0 unspecified atom stereocenters. The zero-order valence-electron chi connectivity index (χ0n) is 15.7. The molecule has 0 aliphatic carbocycles. The molecule has 2 aromatic heterocycles. The largest absolute Gasteiger partial charge is 0.494 e. The van der Waals surface area contributed by atoms with Gasteiger partial charge in [0.15, 0.2) is 4.80 Å². The Hall–Kier alpha value is -3.04. The van der Waals surface area contributed by atoms with Crippen molar-refractivity contribution < 1.29 is 19.1 Å². The smallest absolute Gasteiger partial charge is 0.325 e. The van der Waals surface area contributed by atoms with Crippen LogP contribution in [0.2, 0.25) is 0 Å². The fourth-order valence-corrected chi connectivity index (χ4v) is 4.65. The van der Waals surface area contributed by atoms with Gasteiger partial charge in [-0.15, -0.1) is 11.3 Å². The molecular weight excluding hydrogens is 410 g/mol. The van der Waals surface area contributed by atoms with Crippen LogP contribution < -0.4 is 9.54 Å². The summed E-state index contributed by atoms with van der Waals surface area (Å²) in [5, 5.41) is 0. The molecule has 0 fully saturated rings. The van der Waals surface area contributed by atoms with E-state index in [1.54, 1.807) is 28.3 Å². The average Bonchev–Trinajstić information content (AvgIpc) is 3.32. The number of esters is 1. The minimum Gasteiger partial charge on any atom is -0.494 e. The highest BCUT2D eigenvalue weighted by Gasteiger charge is 2.14. The van der Waals surface area contributed by atoms with Crippen molar-refractivity contribution in [3.05, 3.63) is 52.3 Å². The van der Waals surface area contributed by atoms with Crippen LogP contribution in [-0.2, 0) is 16.1 Å². The number of carbonyl (C=O) groups excluding carboxylic acids is 2. The van der Waals surface area contributed by atoms with E-state index in [0.29, 0.717) is 17.0 Å². The average molecular weight is 428 g/mol. The quantitative estimate of drug-likeness (QED) is 0.454. The van der Waals surface area contributed by atoms with Gasteiger partial charge in [0.25, 0.3) is 5.91 Å². The number of fused-ring (bicyclic) bond motifs is 2. The Bertz CT molecular complexity index is 1290. The fourth-order valence-electron chi connectivity index (χ4n) is 2.88. The van der Waals surface area contributed by atoms with E-state index < -0.39 is 5.97 Å². The summed E-state index contributed by atoms with van der Waals surface area (Å²) in [5.74, 6) is -0.0749. The van der Waals surface area contributed by atoms with E-state index in [1.807, 2.05) is 25.1 Å². The number of hydrogen-bond acceptors (Lipinski definition) is 7. The van der Waals surface area contributed by atoms with Gasteiger partial charge in [0.05, 0.1) is 39.7 Å². The number of ether oxygens (including phenoxy) is 2. The molecule has 0 saturated carbocycles. The molecule has 0 spiro atoms. The van der Waals surface area contributed by atoms with Gasteiger partial charge in [0.1, 0.15) is 12.3 Å². The topological polar surface area (TPSA) is 82.8 Å². The molecule has 29 heavy (non-hydrogen) atoms. The third-order valence-electron chi connectivity index (χ3n) is 4.26. The number of carbonyl (C=O) groups is 2. The van der Waals surface area contributed by atoms with Gasteiger partial charge in [-0.1, -0.05) is 11.3 Å². The van der Waals surface area contributed by atoms with Crippen molar-refractivity contribution in [1.29, 1.82) is 0 Å². The zero-order chi connectivity index (χ0) is 20.4. The Balaban J connectivity index is 1.81. The van der Waals surface area contributed by atoms with Crippen LogP contribution in [-0.4, -0.2) is 35.1 Å². The number of hydrogen-bond donors (Lipinski definition) is 0. The molecule has 2 aromatic carbocycles. The first-order valence-corrected chi connectivity index (χ1v) is 10.5. The Morgan fingerprint density at radius 3 is 2.83 bits per heavy atom. The van der Waals surface area contributed by atoms with E-state index in [2.05, 4.69) is 9.98 Å². The van der Waals surface area contributed by atoms with Gasteiger partial charge in [0.2, 0.25) is 0 Å². The Morgan fingerprint density at radius 1 is 1.17 bits per heavy atom.